The topological polar surface area (TPSA) is 84.9 Å². The maximum atomic E-state index is 13.3. The number of hydrogen-bond donors (Lipinski definition) is 1. The molecule has 3 aromatic rings. The Hall–Kier alpha value is -4.46. The van der Waals surface area contributed by atoms with Crippen LogP contribution in [0.15, 0.2) is 78.4 Å². The first kappa shape index (κ1) is 22.7. The summed E-state index contributed by atoms with van der Waals surface area (Å²) in [5, 5.41) is 2.20. The van der Waals surface area contributed by atoms with Crippen molar-refractivity contribution >= 4 is 29.6 Å². The third kappa shape index (κ3) is 5.12. The molecular weight excluding hydrogens is 439 g/mol. The quantitative estimate of drug-likeness (QED) is 0.415. The van der Waals surface area contributed by atoms with Crippen LogP contribution in [0.25, 0.3) is 6.08 Å². The summed E-state index contributed by atoms with van der Waals surface area (Å²) in [5.74, 6) is -0.705. The van der Waals surface area contributed by atoms with Gasteiger partial charge in [-0.15, -0.1) is 0 Å². The number of rotatable bonds is 7. The molecule has 0 saturated carbocycles. The number of ether oxygens (including phenoxy) is 2. The summed E-state index contributed by atoms with van der Waals surface area (Å²) in [6, 6.07) is 18.4. The second kappa shape index (κ2) is 9.99. The van der Waals surface area contributed by atoms with Gasteiger partial charge < -0.3 is 9.47 Å². The Labute approximate surface area is 195 Å². The van der Waals surface area contributed by atoms with Crippen LogP contribution in [0.2, 0.25) is 0 Å². The van der Waals surface area contributed by atoms with Gasteiger partial charge in [-0.1, -0.05) is 24.3 Å². The Bertz CT molecular complexity index is 1250. The highest BCUT2D eigenvalue weighted by Crippen LogP contribution is 2.25. The van der Waals surface area contributed by atoms with E-state index in [4.69, 9.17) is 9.47 Å². The summed E-state index contributed by atoms with van der Waals surface area (Å²) in [6.45, 7) is 2.53. The molecule has 0 aromatic heterocycles. The van der Waals surface area contributed by atoms with Crippen molar-refractivity contribution in [1.82, 2.24) is 5.32 Å². The van der Waals surface area contributed by atoms with Crippen molar-refractivity contribution in [2.45, 2.75) is 13.5 Å². The van der Waals surface area contributed by atoms with Gasteiger partial charge in [0, 0.05) is 0 Å². The molecule has 8 heteroatoms. The van der Waals surface area contributed by atoms with E-state index in [1.165, 1.54) is 18.2 Å². The van der Waals surface area contributed by atoms with Crippen LogP contribution < -0.4 is 19.7 Å². The molecule has 7 nitrogen and oxygen atoms in total. The lowest BCUT2D eigenvalue weighted by atomic mass is 10.1. The number of urea groups is 1. The van der Waals surface area contributed by atoms with Crippen molar-refractivity contribution in [3.8, 4) is 11.5 Å². The van der Waals surface area contributed by atoms with Crippen molar-refractivity contribution in [1.29, 1.82) is 0 Å². The number of hydrogen-bond acceptors (Lipinski definition) is 5. The first-order valence-corrected chi connectivity index (χ1v) is 10.6. The number of benzene rings is 3. The summed E-state index contributed by atoms with van der Waals surface area (Å²) in [7, 11) is 0. The van der Waals surface area contributed by atoms with E-state index in [2.05, 4.69) is 5.32 Å². The summed E-state index contributed by atoms with van der Waals surface area (Å²) in [6.07, 6.45) is 1.40. The van der Waals surface area contributed by atoms with Gasteiger partial charge in [0.05, 0.1) is 12.3 Å². The van der Waals surface area contributed by atoms with E-state index in [1.54, 1.807) is 60.7 Å². The van der Waals surface area contributed by atoms with E-state index in [0.717, 1.165) is 4.90 Å². The zero-order valence-corrected chi connectivity index (χ0v) is 18.3. The highest BCUT2D eigenvalue weighted by atomic mass is 19.1. The SMILES string of the molecule is CCOc1ccc(N2C(=O)NC(=O)/C(=C\c3ccc(OCc4cccc(F)c4)cc3)C2=O)cc1. The predicted octanol–water partition coefficient (Wildman–Crippen LogP) is 4.47. The zero-order valence-electron chi connectivity index (χ0n) is 18.3. The molecule has 34 heavy (non-hydrogen) atoms. The number of nitrogens with zero attached hydrogens (tertiary/aromatic N) is 1. The van der Waals surface area contributed by atoms with E-state index in [1.807, 2.05) is 6.92 Å². The Balaban J connectivity index is 1.50. The maximum Gasteiger partial charge on any atom is 0.335 e. The molecule has 4 rings (SSSR count). The first-order valence-electron chi connectivity index (χ1n) is 10.6. The molecule has 1 fully saturated rings. The molecule has 1 N–H and O–H groups in total. The lowest BCUT2D eigenvalue weighted by molar-refractivity contribution is -0.122. The number of barbiturate groups is 1. The van der Waals surface area contributed by atoms with Crippen molar-refractivity contribution in [3.05, 3.63) is 95.3 Å². The number of carbonyl (C=O) groups excluding carboxylic acids is 3. The lowest BCUT2D eigenvalue weighted by Crippen LogP contribution is -2.54. The zero-order chi connectivity index (χ0) is 24.1. The van der Waals surface area contributed by atoms with E-state index in [-0.39, 0.29) is 18.0 Å². The number of halogens is 1. The summed E-state index contributed by atoms with van der Waals surface area (Å²) in [4.78, 5) is 38.6. The lowest BCUT2D eigenvalue weighted by Gasteiger charge is -2.26. The summed E-state index contributed by atoms with van der Waals surface area (Å²) >= 11 is 0. The molecule has 1 aliphatic heterocycles. The standard InChI is InChI=1S/C26H21FN2O5/c1-2-33-21-12-8-20(9-13-21)29-25(31)23(24(30)28-26(29)32)15-17-6-10-22(11-7-17)34-16-18-4-3-5-19(27)14-18/h3-15H,2,16H2,1H3,(H,28,30,32)/b23-15+. The van der Waals surface area contributed by atoms with Crippen LogP contribution in [-0.4, -0.2) is 24.5 Å². The molecule has 1 aliphatic rings. The van der Waals surface area contributed by atoms with Gasteiger partial charge in [0.2, 0.25) is 0 Å². The minimum Gasteiger partial charge on any atom is -0.494 e. The van der Waals surface area contributed by atoms with Crippen LogP contribution in [0.3, 0.4) is 0 Å². The predicted molar refractivity (Wildman–Crippen MR) is 124 cm³/mol. The molecular formula is C26H21FN2O5. The molecule has 0 spiro atoms. The van der Waals surface area contributed by atoms with Gasteiger partial charge in [-0.2, -0.15) is 0 Å². The maximum absolute atomic E-state index is 13.3. The monoisotopic (exact) mass is 460 g/mol. The van der Waals surface area contributed by atoms with E-state index in [9.17, 15) is 18.8 Å². The molecule has 0 atom stereocenters. The number of carbonyl (C=O) groups is 3. The van der Waals surface area contributed by atoms with Gasteiger partial charge in [0.25, 0.3) is 11.8 Å². The molecule has 0 unspecified atom stereocenters. The number of anilines is 1. The molecule has 4 amide bonds. The van der Waals surface area contributed by atoms with Crippen LogP contribution in [0, 0.1) is 5.82 Å². The van der Waals surface area contributed by atoms with Crippen LogP contribution in [0.5, 0.6) is 11.5 Å². The second-order valence-corrected chi connectivity index (χ2v) is 7.37. The fourth-order valence-corrected chi connectivity index (χ4v) is 3.37. The van der Waals surface area contributed by atoms with Gasteiger partial charge in [0.15, 0.2) is 0 Å². The van der Waals surface area contributed by atoms with Crippen molar-refractivity contribution in [2.24, 2.45) is 0 Å². The Morgan fingerprint density at radius 3 is 2.26 bits per heavy atom. The van der Waals surface area contributed by atoms with Gasteiger partial charge in [-0.05, 0) is 72.7 Å². The average molecular weight is 460 g/mol. The van der Waals surface area contributed by atoms with E-state index in [0.29, 0.717) is 34.9 Å². The number of nitrogens with one attached hydrogen (secondary N) is 1. The van der Waals surface area contributed by atoms with E-state index < -0.39 is 17.8 Å². The van der Waals surface area contributed by atoms with Crippen LogP contribution >= 0.6 is 0 Å². The fraction of sp³-hybridized carbons (Fsp3) is 0.115. The summed E-state index contributed by atoms with van der Waals surface area (Å²) in [5.41, 5.74) is 1.39. The first-order chi connectivity index (χ1) is 16.4. The molecule has 1 heterocycles. The van der Waals surface area contributed by atoms with Gasteiger partial charge >= 0.3 is 6.03 Å². The highest BCUT2D eigenvalue weighted by molar-refractivity contribution is 6.39. The third-order valence-corrected chi connectivity index (χ3v) is 4.99. The second-order valence-electron chi connectivity index (χ2n) is 7.37. The van der Waals surface area contributed by atoms with Gasteiger partial charge in [-0.3, -0.25) is 14.9 Å². The summed E-state index contributed by atoms with van der Waals surface area (Å²) < 4.78 is 24.3. The van der Waals surface area contributed by atoms with Gasteiger partial charge in [0.1, 0.15) is 29.5 Å². The van der Waals surface area contributed by atoms with Crippen LogP contribution in [-0.2, 0) is 16.2 Å². The van der Waals surface area contributed by atoms with Crippen molar-refractivity contribution in [2.75, 3.05) is 11.5 Å². The Morgan fingerprint density at radius 2 is 1.59 bits per heavy atom. The minimum absolute atomic E-state index is 0.179. The number of amides is 4. The Kier molecular flexibility index (Phi) is 6.68. The van der Waals surface area contributed by atoms with Crippen molar-refractivity contribution < 1.29 is 28.2 Å². The minimum atomic E-state index is -0.822. The number of imide groups is 2. The highest BCUT2D eigenvalue weighted by Gasteiger charge is 2.36. The fourth-order valence-electron chi connectivity index (χ4n) is 3.37. The molecule has 0 radical (unpaired) electrons. The molecule has 1 saturated heterocycles. The molecule has 0 bridgehead atoms. The largest absolute Gasteiger partial charge is 0.494 e. The molecule has 0 aliphatic carbocycles. The molecule has 172 valence electrons. The third-order valence-electron chi connectivity index (χ3n) is 4.99. The molecule has 3 aromatic carbocycles. The van der Waals surface area contributed by atoms with Gasteiger partial charge in [-0.25, -0.2) is 14.1 Å². The Morgan fingerprint density at radius 1 is 0.912 bits per heavy atom. The smallest absolute Gasteiger partial charge is 0.335 e. The van der Waals surface area contributed by atoms with Crippen LogP contribution in [0.1, 0.15) is 18.1 Å². The average Bonchev–Trinajstić information content (AvgIpc) is 2.82. The van der Waals surface area contributed by atoms with Crippen LogP contribution in [0.4, 0.5) is 14.9 Å². The van der Waals surface area contributed by atoms with Crippen molar-refractivity contribution in [3.63, 3.8) is 0 Å². The van der Waals surface area contributed by atoms with E-state index >= 15 is 0 Å². The normalized spacial score (nSPS) is 14.8.